The van der Waals surface area contributed by atoms with Gasteiger partial charge in [0.15, 0.2) is 18.1 Å². The Morgan fingerprint density at radius 1 is 1.03 bits per heavy atom. The van der Waals surface area contributed by atoms with E-state index in [9.17, 15) is 9.59 Å². The molecule has 0 saturated heterocycles. The highest BCUT2D eigenvalue weighted by atomic mass is 35.5. The maximum Gasteiger partial charge on any atom is 0.331 e. The number of hydrogen-bond donors (Lipinski definition) is 1. The van der Waals surface area contributed by atoms with Gasteiger partial charge in [0.25, 0.3) is 5.91 Å². The van der Waals surface area contributed by atoms with Crippen molar-refractivity contribution in [3.05, 3.63) is 52.6 Å². The summed E-state index contributed by atoms with van der Waals surface area (Å²) in [5, 5.41) is 3.24. The summed E-state index contributed by atoms with van der Waals surface area (Å²) in [6, 6.07) is 8.43. The van der Waals surface area contributed by atoms with Crippen molar-refractivity contribution in [2.45, 2.75) is 6.92 Å². The highest BCUT2D eigenvalue weighted by molar-refractivity contribution is 6.30. The fourth-order valence-corrected chi connectivity index (χ4v) is 2.73. The van der Waals surface area contributed by atoms with Gasteiger partial charge < -0.3 is 24.3 Å². The molecule has 0 atom stereocenters. The number of methoxy groups -OCH3 is 3. The lowest BCUT2D eigenvalue weighted by molar-refractivity contribution is -0.142. The second-order valence-electron chi connectivity index (χ2n) is 5.91. The Bertz CT molecular complexity index is 900. The summed E-state index contributed by atoms with van der Waals surface area (Å²) in [7, 11) is 4.50. The van der Waals surface area contributed by atoms with Crippen molar-refractivity contribution < 1.29 is 28.5 Å². The maximum atomic E-state index is 12.0. The van der Waals surface area contributed by atoms with E-state index in [0.29, 0.717) is 33.5 Å². The van der Waals surface area contributed by atoms with Crippen LogP contribution in [0.4, 0.5) is 5.69 Å². The van der Waals surface area contributed by atoms with Crippen LogP contribution in [0, 0.1) is 6.92 Å². The molecule has 0 fully saturated rings. The van der Waals surface area contributed by atoms with Gasteiger partial charge in [0.2, 0.25) is 5.75 Å². The Kier molecular flexibility index (Phi) is 7.91. The number of esters is 1. The van der Waals surface area contributed by atoms with Crippen molar-refractivity contribution in [1.29, 1.82) is 0 Å². The minimum absolute atomic E-state index is 0.416. The third kappa shape index (κ3) is 6.15. The molecule has 0 unspecified atom stereocenters. The highest BCUT2D eigenvalue weighted by Crippen LogP contribution is 2.38. The monoisotopic (exact) mass is 419 g/mol. The van der Waals surface area contributed by atoms with E-state index >= 15 is 0 Å². The summed E-state index contributed by atoms with van der Waals surface area (Å²) < 4.78 is 20.7. The Morgan fingerprint density at radius 3 is 2.24 bits per heavy atom. The van der Waals surface area contributed by atoms with Crippen LogP contribution >= 0.6 is 11.6 Å². The zero-order chi connectivity index (χ0) is 21.4. The first-order chi connectivity index (χ1) is 13.9. The van der Waals surface area contributed by atoms with E-state index in [0.717, 1.165) is 5.56 Å². The number of benzene rings is 2. The average molecular weight is 420 g/mol. The molecule has 1 amide bonds. The smallest absolute Gasteiger partial charge is 0.331 e. The fourth-order valence-electron chi connectivity index (χ4n) is 2.50. The standard InChI is InChI=1S/C21H22ClNO6/c1-13-9-15(22)6-7-16(13)23-19(24)12-29-20(25)8-5-14-10-17(26-2)21(28-4)18(11-14)27-3/h5-11H,12H2,1-4H3,(H,23,24). The molecule has 0 aromatic heterocycles. The van der Waals surface area contributed by atoms with Crippen molar-refractivity contribution >= 4 is 35.2 Å². The van der Waals surface area contributed by atoms with E-state index in [4.69, 9.17) is 30.5 Å². The van der Waals surface area contributed by atoms with Crippen LogP contribution in [0.15, 0.2) is 36.4 Å². The third-order valence-electron chi connectivity index (χ3n) is 3.91. The van der Waals surface area contributed by atoms with Gasteiger partial charge in [-0.2, -0.15) is 0 Å². The largest absolute Gasteiger partial charge is 0.493 e. The molecule has 1 N–H and O–H groups in total. The van der Waals surface area contributed by atoms with E-state index in [1.54, 1.807) is 30.3 Å². The number of hydrogen-bond acceptors (Lipinski definition) is 6. The molecule has 0 heterocycles. The summed E-state index contributed by atoms with van der Waals surface area (Å²) in [6.45, 7) is 1.40. The Hall–Kier alpha value is -3.19. The first-order valence-electron chi connectivity index (χ1n) is 8.58. The van der Waals surface area contributed by atoms with E-state index in [1.165, 1.54) is 33.5 Å². The number of anilines is 1. The van der Waals surface area contributed by atoms with Crippen LogP contribution in [-0.2, 0) is 14.3 Å². The fraction of sp³-hybridized carbons (Fsp3) is 0.238. The lowest BCUT2D eigenvalue weighted by Crippen LogP contribution is -2.20. The summed E-state index contributed by atoms with van der Waals surface area (Å²) in [4.78, 5) is 23.9. The molecular weight excluding hydrogens is 398 g/mol. The van der Waals surface area contributed by atoms with Crippen LogP contribution < -0.4 is 19.5 Å². The van der Waals surface area contributed by atoms with E-state index in [1.807, 2.05) is 6.92 Å². The number of halogens is 1. The van der Waals surface area contributed by atoms with Crippen molar-refractivity contribution in [3.63, 3.8) is 0 Å². The number of carbonyl (C=O) groups excluding carboxylic acids is 2. The SMILES string of the molecule is COc1cc(C=CC(=O)OCC(=O)Nc2ccc(Cl)cc2C)cc(OC)c1OC. The number of amides is 1. The lowest BCUT2D eigenvalue weighted by atomic mass is 10.1. The molecule has 0 aliphatic carbocycles. The molecule has 8 heteroatoms. The van der Waals surface area contributed by atoms with Gasteiger partial charge in [-0.1, -0.05) is 11.6 Å². The van der Waals surface area contributed by atoms with Gasteiger partial charge in [-0.25, -0.2) is 4.79 Å². The predicted octanol–water partition coefficient (Wildman–Crippen LogP) is 3.87. The Balaban J connectivity index is 1.96. The molecule has 2 aromatic carbocycles. The van der Waals surface area contributed by atoms with E-state index in [2.05, 4.69) is 5.32 Å². The second-order valence-corrected chi connectivity index (χ2v) is 6.34. The molecule has 154 valence electrons. The number of ether oxygens (including phenoxy) is 4. The van der Waals surface area contributed by atoms with Gasteiger partial charge in [0.1, 0.15) is 0 Å². The molecule has 7 nitrogen and oxygen atoms in total. The van der Waals surface area contributed by atoms with Gasteiger partial charge in [-0.15, -0.1) is 0 Å². The van der Waals surface area contributed by atoms with Crippen LogP contribution in [0.3, 0.4) is 0 Å². The van der Waals surface area contributed by atoms with Crippen molar-refractivity contribution in [1.82, 2.24) is 0 Å². The predicted molar refractivity (Wildman–Crippen MR) is 111 cm³/mol. The molecule has 0 spiro atoms. The van der Waals surface area contributed by atoms with Crippen LogP contribution in [0.5, 0.6) is 17.2 Å². The zero-order valence-electron chi connectivity index (χ0n) is 16.6. The van der Waals surface area contributed by atoms with Crippen molar-refractivity contribution in [3.8, 4) is 17.2 Å². The van der Waals surface area contributed by atoms with Crippen molar-refractivity contribution in [2.75, 3.05) is 33.3 Å². The van der Waals surface area contributed by atoms with Crippen LogP contribution in [0.1, 0.15) is 11.1 Å². The zero-order valence-corrected chi connectivity index (χ0v) is 17.3. The van der Waals surface area contributed by atoms with Crippen LogP contribution in [0.25, 0.3) is 6.08 Å². The Morgan fingerprint density at radius 2 is 1.69 bits per heavy atom. The molecule has 0 saturated carbocycles. The van der Waals surface area contributed by atoms with Gasteiger partial charge >= 0.3 is 5.97 Å². The van der Waals surface area contributed by atoms with Gasteiger partial charge in [0, 0.05) is 16.8 Å². The third-order valence-corrected chi connectivity index (χ3v) is 4.14. The van der Waals surface area contributed by atoms with Gasteiger partial charge in [-0.3, -0.25) is 4.79 Å². The minimum Gasteiger partial charge on any atom is -0.493 e. The van der Waals surface area contributed by atoms with Crippen LogP contribution in [0.2, 0.25) is 5.02 Å². The first kappa shape index (κ1) is 22.1. The molecule has 2 rings (SSSR count). The number of rotatable bonds is 8. The van der Waals surface area contributed by atoms with E-state index < -0.39 is 18.5 Å². The number of aryl methyl sites for hydroxylation is 1. The van der Waals surface area contributed by atoms with E-state index in [-0.39, 0.29) is 0 Å². The summed E-state index contributed by atoms with van der Waals surface area (Å²) in [5.41, 5.74) is 2.04. The quantitative estimate of drug-likeness (QED) is 0.516. The molecule has 2 aromatic rings. The number of nitrogens with one attached hydrogen (secondary N) is 1. The molecule has 0 bridgehead atoms. The number of carbonyl (C=O) groups is 2. The molecule has 0 radical (unpaired) electrons. The summed E-state index contributed by atoms with van der Waals surface area (Å²) in [5.74, 6) is 0.241. The highest BCUT2D eigenvalue weighted by Gasteiger charge is 2.12. The van der Waals surface area contributed by atoms with Crippen LogP contribution in [-0.4, -0.2) is 39.8 Å². The molecule has 0 aliphatic heterocycles. The van der Waals surface area contributed by atoms with Gasteiger partial charge in [0.05, 0.1) is 21.3 Å². The molecule has 29 heavy (non-hydrogen) atoms. The normalized spacial score (nSPS) is 10.5. The van der Waals surface area contributed by atoms with Gasteiger partial charge in [-0.05, 0) is 54.5 Å². The maximum absolute atomic E-state index is 12.0. The topological polar surface area (TPSA) is 83.1 Å². The average Bonchev–Trinajstić information content (AvgIpc) is 2.71. The summed E-state index contributed by atoms with van der Waals surface area (Å²) >= 11 is 5.88. The lowest BCUT2D eigenvalue weighted by Gasteiger charge is -2.12. The minimum atomic E-state index is -0.665. The Labute approximate surface area is 174 Å². The summed E-state index contributed by atoms with van der Waals surface area (Å²) in [6.07, 6.45) is 2.73. The first-order valence-corrected chi connectivity index (χ1v) is 8.96. The van der Waals surface area contributed by atoms with Crippen molar-refractivity contribution in [2.24, 2.45) is 0 Å². The second kappa shape index (κ2) is 10.4. The molecular formula is C21H22ClNO6. The molecule has 0 aliphatic rings.